The molecule has 1 aliphatic heterocycles. The molecular formula is C29H26F3NO4S2. The van der Waals surface area contributed by atoms with Crippen LogP contribution in [0.25, 0.3) is 11.0 Å². The Hall–Kier alpha value is -3.08. The van der Waals surface area contributed by atoms with Gasteiger partial charge in [-0.25, -0.2) is 8.42 Å². The third kappa shape index (κ3) is 6.23. The predicted octanol–water partition coefficient (Wildman–Crippen LogP) is 7.10. The number of halogens is 3. The van der Waals surface area contributed by atoms with Crippen LogP contribution in [-0.2, 0) is 33.2 Å². The molecule has 0 aliphatic carbocycles. The maximum atomic E-state index is 13.3. The third-order valence-electron chi connectivity index (χ3n) is 6.79. The summed E-state index contributed by atoms with van der Waals surface area (Å²) in [5.41, 5.74) is 1.52. The Labute approximate surface area is 229 Å². The molecule has 39 heavy (non-hydrogen) atoms. The second kappa shape index (κ2) is 11.2. The van der Waals surface area contributed by atoms with E-state index in [1.54, 1.807) is 24.3 Å². The molecular weight excluding hydrogens is 547 g/mol. The zero-order valence-electron chi connectivity index (χ0n) is 20.9. The molecule has 1 aromatic heterocycles. The number of carbonyl (C=O) groups is 1. The van der Waals surface area contributed by atoms with Crippen LogP contribution in [-0.4, -0.2) is 31.1 Å². The molecule has 1 fully saturated rings. The molecule has 0 unspecified atom stereocenters. The Morgan fingerprint density at radius 1 is 0.974 bits per heavy atom. The maximum Gasteiger partial charge on any atom is 0.416 e. The number of hydrogen-bond donors (Lipinski definition) is 0. The van der Waals surface area contributed by atoms with Crippen LogP contribution in [0.15, 0.2) is 93.3 Å². The quantitative estimate of drug-likeness (QED) is 0.200. The SMILES string of the molecule is O=C(CCc1cccc(SCc2ccc(C(F)(F)F)cc2)c1)[C@@H]1CCCN1S(=O)(=O)c1cc2ccccc2o1. The molecule has 3 aromatic carbocycles. The first-order chi connectivity index (χ1) is 18.6. The smallest absolute Gasteiger partial charge is 0.416 e. The van der Waals surface area contributed by atoms with Crippen LogP contribution in [0, 0.1) is 0 Å². The van der Waals surface area contributed by atoms with Crippen LogP contribution in [0.2, 0.25) is 0 Å². The second-order valence-electron chi connectivity index (χ2n) is 9.47. The summed E-state index contributed by atoms with van der Waals surface area (Å²) in [4.78, 5) is 14.1. The number of fused-ring (bicyclic) bond motifs is 1. The fourth-order valence-electron chi connectivity index (χ4n) is 4.73. The topological polar surface area (TPSA) is 67.6 Å². The summed E-state index contributed by atoms with van der Waals surface area (Å²) in [5.74, 6) is 0.381. The van der Waals surface area contributed by atoms with Crippen LogP contribution >= 0.6 is 11.8 Å². The van der Waals surface area contributed by atoms with E-state index in [0.29, 0.717) is 36.0 Å². The highest BCUT2D eigenvalue weighted by Gasteiger charge is 2.40. The van der Waals surface area contributed by atoms with Crippen molar-refractivity contribution in [3.8, 4) is 0 Å². The largest absolute Gasteiger partial charge is 0.443 e. The fourth-order valence-corrected chi connectivity index (χ4v) is 7.30. The number of aryl methyl sites for hydroxylation is 1. The van der Waals surface area contributed by atoms with E-state index in [-0.39, 0.29) is 23.8 Å². The number of ketones is 1. The number of thioether (sulfide) groups is 1. The molecule has 1 saturated heterocycles. The summed E-state index contributed by atoms with van der Waals surface area (Å²) in [7, 11) is -3.95. The first kappa shape index (κ1) is 27.5. The van der Waals surface area contributed by atoms with E-state index in [1.807, 2.05) is 24.3 Å². The summed E-state index contributed by atoms with van der Waals surface area (Å²) in [6, 6.07) is 20.6. The van der Waals surface area contributed by atoms with E-state index < -0.39 is 27.8 Å². The minimum atomic E-state index is -4.36. The third-order valence-corrected chi connectivity index (χ3v) is 9.62. The maximum absolute atomic E-state index is 13.3. The molecule has 0 radical (unpaired) electrons. The average Bonchev–Trinajstić information content (AvgIpc) is 3.59. The number of rotatable bonds is 9. The van der Waals surface area contributed by atoms with Gasteiger partial charge >= 0.3 is 6.18 Å². The zero-order chi connectivity index (χ0) is 27.6. The molecule has 0 N–H and O–H groups in total. The summed E-state index contributed by atoms with van der Waals surface area (Å²) in [6.45, 7) is 0.270. The van der Waals surface area contributed by atoms with E-state index in [1.165, 1.54) is 34.3 Å². The summed E-state index contributed by atoms with van der Waals surface area (Å²) >= 11 is 1.50. The lowest BCUT2D eigenvalue weighted by molar-refractivity contribution is -0.137. The highest BCUT2D eigenvalue weighted by Crippen LogP contribution is 2.32. The van der Waals surface area contributed by atoms with E-state index >= 15 is 0 Å². The summed E-state index contributed by atoms with van der Waals surface area (Å²) in [6.07, 6.45) is -2.62. The minimum absolute atomic E-state index is 0.130. The highest BCUT2D eigenvalue weighted by atomic mass is 32.2. The Kier molecular flexibility index (Phi) is 7.89. The van der Waals surface area contributed by atoms with Gasteiger partial charge in [-0.1, -0.05) is 42.5 Å². The Balaban J connectivity index is 1.20. The van der Waals surface area contributed by atoms with Gasteiger partial charge in [0, 0.05) is 35.1 Å². The molecule has 4 aromatic rings. The standard InChI is InChI=1S/C29H26F3NO4S2/c30-29(31,32)23-13-10-21(11-14-23)19-38-24-7-3-5-20(17-24)12-15-26(34)25-8-4-16-33(25)39(35,36)28-18-22-6-1-2-9-27(22)37-28/h1-3,5-7,9-11,13-14,17-18,25H,4,8,12,15-16,19H2/t25-/m0/s1. The molecule has 10 heteroatoms. The van der Waals surface area contributed by atoms with E-state index in [9.17, 15) is 26.4 Å². The van der Waals surface area contributed by atoms with Gasteiger partial charge in [-0.15, -0.1) is 11.8 Å². The number of Topliss-reactive ketones (excluding diaryl/α,β-unsaturated/α-hetero) is 1. The lowest BCUT2D eigenvalue weighted by Crippen LogP contribution is -2.40. The molecule has 1 atom stereocenters. The number of sulfonamides is 1. The average molecular weight is 574 g/mol. The lowest BCUT2D eigenvalue weighted by Gasteiger charge is -2.21. The predicted molar refractivity (Wildman–Crippen MR) is 144 cm³/mol. The molecule has 5 rings (SSSR count). The lowest BCUT2D eigenvalue weighted by atomic mass is 10.0. The van der Waals surface area contributed by atoms with Crippen molar-refractivity contribution in [1.29, 1.82) is 0 Å². The van der Waals surface area contributed by atoms with Crippen molar-refractivity contribution in [2.24, 2.45) is 0 Å². The molecule has 0 bridgehead atoms. The van der Waals surface area contributed by atoms with Gasteiger partial charge in [0.05, 0.1) is 11.6 Å². The molecule has 5 nitrogen and oxygen atoms in total. The van der Waals surface area contributed by atoms with Crippen molar-refractivity contribution in [2.75, 3.05) is 6.54 Å². The number of alkyl halides is 3. The van der Waals surface area contributed by atoms with Crippen LogP contribution in [0.4, 0.5) is 13.2 Å². The van der Waals surface area contributed by atoms with Crippen molar-refractivity contribution >= 4 is 38.5 Å². The number of hydrogen-bond acceptors (Lipinski definition) is 5. The zero-order valence-corrected chi connectivity index (χ0v) is 22.5. The van der Waals surface area contributed by atoms with Crippen LogP contribution in [0.3, 0.4) is 0 Å². The van der Waals surface area contributed by atoms with Gasteiger partial charge < -0.3 is 4.42 Å². The van der Waals surface area contributed by atoms with Gasteiger partial charge in [0.15, 0.2) is 5.78 Å². The minimum Gasteiger partial charge on any atom is -0.443 e. The van der Waals surface area contributed by atoms with Crippen molar-refractivity contribution in [3.05, 3.63) is 95.6 Å². The number of carbonyl (C=O) groups excluding carboxylic acids is 1. The molecule has 2 heterocycles. The monoisotopic (exact) mass is 573 g/mol. The van der Waals surface area contributed by atoms with Crippen LogP contribution < -0.4 is 0 Å². The fraction of sp³-hybridized carbons (Fsp3) is 0.276. The van der Waals surface area contributed by atoms with Crippen molar-refractivity contribution in [2.45, 2.75) is 53.6 Å². The number of nitrogens with zero attached hydrogens (tertiary/aromatic N) is 1. The first-order valence-corrected chi connectivity index (χ1v) is 14.9. The van der Waals surface area contributed by atoms with Crippen molar-refractivity contribution in [3.63, 3.8) is 0 Å². The van der Waals surface area contributed by atoms with E-state index in [4.69, 9.17) is 4.42 Å². The van der Waals surface area contributed by atoms with Crippen LogP contribution in [0.5, 0.6) is 0 Å². The highest BCUT2D eigenvalue weighted by molar-refractivity contribution is 7.98. The van der Waals surface area contributed by atoms with Crippen LogP contribution in [0.1, 0.15) is 36.0 Å². The van der Waals surface area contributed by atoms with Gasteiger partial charge in [0.2, 0.25) is 5.09 Å². The molecule has 0 amide bonds. The molecule has 0 spiro atoms. The normalized spacial score (nSPS) is 16.6. The number of benzene rings is 3. The Morgan fingerprint density at radius 2 is 1.74 bits per heavy atom. The van der Waals surface area contributed by atoms with Gasteiger partial charge in [-0.05, 0) is 60.7 Å². The van der Waals surface area contributed by atoms with E-state index in [0.717, 1.165) is 28.2 Å². The number of furan rings is 1. The molecule has 1 aliphatic rings. The molecule has 0 saturated carbocycles. The van der Waals surface area contributed by atoms with Crippen molar-refractivity contribution in [1.82, 2.24) is 4.31 Å². The Morgan fingerprint density at radius 3 is 2.49 bits per heavy atom. The number of para-hydroxylation sites is 1. The summed E-state index contributed by atoms with van der Waals surface area (Å²) < 4.78 is 71.8. The summed E-state index contributed by atoms with van der Waals surface area (Å²) in [5, 5.41) is 0.537. The molecule has 204 valence electrons. The van der Waals surface area contributed by atoms with E-state index in [2.05, 4.69) is 0 Å². The first-order valence-electron chi connectivity index (χ1n) is 12.5. The second-order valence-corrected chi connectivity index (χ2v) is 12.3. The van der Waals surface area contributed by atoms with Gasteiger partial charge in [-0.2, -0.15) is 17.5 Å². The van der Waals surface area contributed by atoms with Crippen molar-refractivity contribution < 1.29 is 30.8 Å². The Bertz CT molecular complexity index is 1550. The van der Waals surface area contributed by atoms with Gasteiger partial charge in [-0.3, -0.25) is 4.79 Å². The van der Waals surface area contributed by atoms with Gasteiger partial charge in [0.1, 0.15) is 5.58 Å². The van der Waals surface area contributed by atoms with Gasteiger partial charge in [0.25, 0.3) is 10.0 Å².